The molecule has 0 unspecified atom stereocenters. The minimum Gasteiger partial charge on any atom is -0.495 e. The zero-order chi connectivity index (χ0) is 24.2. The molecular weight excluding hydrogens is 494 g/mol. The maximum Gasteiger partial charge on any atom is 0.246 e. The minimum absolute atomic E-state index is 0.109. The number of carbonyl (C=O) groups is 1. The Bertz CT molecular complexity index is 1210. The lowest BCUT2D eigenvalue weighted by molar-refractivity contribution is -0.114. The summed E-state index contributed by atoms with van der Waals surface area (Å²) < 4.78 is 63.3. The fourth-order valence-electron chi connectivity index (χ4n) is 3.22. The first kappa shape index (κ1) is 25.2. The van der Waals surface area contributed by atoms with Crippen molar-refractivity contribution in [2.75, 3.05) is 55.8 Å². The number of benzene rings is 2. The van der Waals surface area contributed by atoms with Gasteiger partial charge in [-0.25, -0.2) is 16.8 Å². The van der Waals surface area contributed by atoms with Gasteiger partial charge in [-0.05, 0) is 42.5 Å². The summed E-state index contributed by atoms with van der Waals surface area (Å²) in [6, 6.07) is 10.2. The average Bonchev–Trinajstić information content (AvgIpc) is 2.78. The number of sulfonamides is 2. The van der Waals surface area contributed by atoms with E-state index in [-0.39, 0.29) is 48.3 Å². The topological polar surface area (TPSA) is 122 Å². The number of halogens is 1. The molecule has 1 saturated heterocycles. The van der Waals surface area contributed by atoms with E-state index in [1.165, 1.54) is 53.9 Å². The molecule has 0 saturated carbocycles. The smallest absolute Gasteiger partial charge is 0.246 e. The third-order valence-electron chi connectivity index (χ3n) is 4.84. The van der Waals surface area contributed by atoms with Crippen LogP contribution in [0.5, 0.6) is 5.75 Å². The Hall–Kier alpha value is -2.38. The molecule has 0 bridgehead atoms. The lowest BCUT2D eigenvalue weighted by Crippen LogP contribution is -2.40. The summed E-state index contributed by atoms with van der Waals surface area (Å²) in [5.74, 6) is -0.534. The third-order valence-corrected chi connectivity index (χ3v) is 8.15. The first-order valence-corrected chi connectivity index (χ1v) is 13.5. The molecule has 0 radical (unpaired) electrons. The fourth-order valence-corrected chi connectivity index (χ4v) is 5.79. The van der Waals surface area contributed by atoms with Gasteiger partial charge in [0.1, 0.15) is 17.2 Å². The monoisotopic (exact) mass is 517 g/mol. The van der Waals surface area contributed by atoms with E-state index in [4.69, 9.17) is 21.1 Å². The van der Waals surface area contributed by atoms with Gasteiger partial charge in [-0.15, -0.1) is 0 Å². The number of amides is 1. The molecule has 1 aliphatic heterocycles. The van der Waals surface area contributed by atoms with Gasteiger partial charge in [0, 0.05) is 23.8 Å². The second-order valence-electron chi connectivity index (χ2n) is 7.18. The Balaban J connectivity index is 1.84. The van der Waals surface area contributed by atoms with Crippen molar-refractivity contribution in [3.63, 3.8) is 0 Å². The van der Waals surface area contributed by atoms with E-state index in [0.717, 1.165) is 10.6 Å². The summed E-state index contributed by atoms with van der Waals surface area (Å²) in [7, 11) is -6.33. The number of anilines is 2. The van der Waals surface area contributed by atoms with Gasteiger partial charge >= 0.3 is 0 Å². The molecule has 0 atom stereocenters. The van der Waals surface area contributed by atoms with E-state index in [0.29, 0.717) is 5.02 Å². The second kappa shape index (κ2) is 10.3. The number of nitrogens with one attached hydrogen (secondary N) is 1. The van der Waals surface area contributed by atoms with E-state index in [2.05, 4.69) is 5.32 Å². The molecule has 13 heteroatoms. The molecule has 33 heavy (non-hydrogen) atoms. The number of nitrogens with zero attached hydrogens (tertiary/aromatic N) is 2. The van der Waals surface area contributed by atoms with Crippen molar-refractivity contribution in [2.45, 2.75) is 4.90 Å². The molecule has 1 heterocycles. The SMILES string of the molecule is COc1ccc(NC(=O)CN(c2ccc(Cl)cc2)S(C)(=O)=O)cc1S(=O)(=O)N1CCOCC1. The van der Waals surface area contributed by atoms with Crippen molar-refractivity contribution < 1.29 is 31.1 Å². The molecule has 2 aromatic carbocycles. The maximum atomic E-state index is 13.1. The van der Waals surface area contributed by atoms with E-state index >= 15 is 0 Å². The molecule has 1 fully saturated rings. The summed E-state index contributed by atoms with van der Waals surface area (Å²) in [5, 5.41) is 2.98. The van der Waals surface area contributed by atoms with Crippen LogP contribution in [0.15, 0.2) is 47.4 Å². The molecule has 1 amide bonds. The van der Waals surface area contributed by atoms with Crippen molar-refractivity contribution in [1.29, 1.82) is 0 Å². The Morgan fingerprint density at radius 3 is 2.33 bits per heavy atom. The number of hydrogen-bond donors (Lipinski definition) is 1. The van der Waals surface area contributed by atoms with E-state index in [1.807, 2.05) is 0 Å². The standard InChI is InChI=1S/C20H24ClN3O7S2/c1-30-18-8-5-16(13-19(18)33(28,29)23-9-11-31-12-10-23)22-20(25)14-24(32(2,26)27)17-6-3-15(21)4-7-17/h3-8,13H,9-12,14H2,1-2H3,(H,22,25). The highest BCUT2D eigenvalue weighted by atomic mass is 35.5. The molecule has 0 spiro atoms. The first-order chi connectivity index (χ1) is 15.5. The van der Waals surface area contributed by atoms with Crippen LogP contribution in [-0.4, -0.2) is 73.3 Å². The highest BCUT2D eigenvalue weighted by Crippen LogP contribution is 2.30. The van der Waals surface area contributed by atoms with Crippen LogP contribution in [0.3, 0.4) is 0 Å². The van der Waals surface area contributed by atoms with Crippen molar-refractivity contribution in [1.82, 2.24) is 4.31 Å². The van der Waals surface area contributed by atoms with Gasteiger partial charge in [0.05, 0.1) is 32.3 Å². The molecule has 0 aromatic heterocycles. The molecule has 180 valence electrons. The molecule has 1 N–H and O–H groups in total. The fraction of sp³-hybridized carbons (Fsp3) is 0.350. The largest absolute Gasteiger partial charge is 0.495 e. The Kier molecular flexibility index (Phi) is 7.85. The van der Waals surface area contributed by atoms with Crippen LogP contribution in [0.2, 0.25) is 5.02 Å². The number of carbonyl (C=O) groups excluding carboxylic acids is 1. The molecule has 1 aliphatic rings. The minimum atomic E-state index is -3.90. The number of ether oxygens (including phenoxy) is 2. The number of morpholine rings is 1. The van der Waals surface area contributed by atoms with Crippen molar-refractivity contribution in [3.8, 4) is 5.75 Å². The summed E-state index contributed by atoms with van der Waals surface area (Å²) in [5.41, 5.74) is 0.444. The highest BCUT2D eigenvalue weighted by Gasteiger charge is 2.30. The zero-order valence-corrected chi connectivity index (χ0v) is 20.4. The quantitative estimate of drug-likeness (QED) is 0.566. The van der Waals surface area contributed by atoms with Gasteiger partial charge < -0.3 is 14.8 Å². The van der Waals surface area contributed by atoms with Gasteiger partial charge in [0.15, 0.2) is 0 Å². The Labute approximate surface area is 198 Å². The van der Waals surface area contributed by atoms with E-state index in [9.17, 15) is 21.6 Å². The summed E-state index contributed by atoms with van der Waals surface area (Å²) in [6.45, 7) is 0.449. The third kappa shape index (κ3) is 6.15. The van der Waals surface area contributed by atoms with Crippen molar-refractivity contribution >= 4 is 48.9 Å². The van der Waals surface area contributed by atoms with Gasteiger partial charge in [-0.1, -0.05) is 11.6 Å². The van der Waals surface area contributed by atoms with Crippen LogP contribution in [0, 0.1) is 0 Å². The predicted molar refractivity (Wildman–Crippen MR) is 125 cm³/mol. The second-order valence-corrected chi connectivity index (χ2v) is 11.4. The van der Waals surface area contributed by atoms with E-state index < -0.39 is 32.5 Å². The van der Waals surface area contributed by atoms with Crippen LogP contribution >= 0.6 is 11.6 Å². The molecular formula is C20H24ClN3O7S2. The highest BCUT2D eigenvalue weighted by molar-refractivity contribution is 7.92. The van der Waals surface area contributed by atoms with Crippen LogP contribution in [0.1, 0.15) is 0 Å². The van der Waals surface area contributed by atoms with Crippen LogP contribution in [-0.2, 0) is 29.6 Å². The molecule has 2 aromatic rings. The Morgan fingerprint density at radius 1 is 1.12 bits per heavy atom. The summed E-state index contributed by atoms with van der Waals surface area (Å²) in [4.78, 5) is 12.6. The summed E-state index contributed by atoms with van der Waals surface area (Å²) >= 11 is 5.86. The van der Waals surface area contributed by atoms with Gasteiger partial charge in [-0.2, -0.15) is 4.31 Å². The average molecular weight is 518 g/mol. The molecule has 10 nitrogen and oxygen atoms in total. The van der Waals surface area contributed by atoms with Gasteiger partial charge in [-0.3, -0.25) is 9.10 Å². The lowest BCUT2D eigenvalue weighted by Gasteiger charge is -2.27. The van der Waals surface area contributed by atoms with Crippen molar-refractivity contribution in [3.05, 3.63) is 47.5 Å². The van der Waals surface area contributed by atoms with E-state index in [1.54, 1.807) is 0 Å². The molecule has 3 rings (SSSR count). The van der Waals surface area contributed by atoms with Crippen LogP contribution in [0.4, 0.5) is 11.4 Å². The van der Waals surface area contributed by atoms with Crippen molar-refractivity contribution in [2.24, 2.45) is 0 Å². The van der Waals surface area contributed by atoms with Crippen LogP contribution < -0.4 is 14.4 Å². The van der Waals surface area contributed by atoms with Crippen LogP contribution in [0.25, 0.3) is 0 Å². The number of methoxy groups -OCH3 is 1. The summed E-state index contributed by atoms with van der Waals surface area (Å²) in [6.07, 6.45) is 0.981. The normalized spacial score (nSPS) is 15.1. The lowest BCUT2D eigenvalue weighted by atomic mass is 10.3. The predicted octanol–water partition coefficient (Wildman–Crippen LogP) is 1.77. The number of rotatable bonds is 8. The Morgan fingerprint density at radius 2 is 1.76 bits per heavy atom. The number of hydrogen-bond acceptors (Lipinski definition) is 7. The van der Waals surface area contributed by atoms with Gasteiger partial charge in [0.25, 0.3) is 0 Å². The maximum absolute atomic E-state index is 13.1. The molecule has 0 aliphatic carbocycles. The zero-order valence-electron chi connectivity index (χ0n) is 18.0. The van der Waals surface area contributed by atoms with Gasteiger partial charge in [0.2, 0.25) is 26.0 Å². The first-order valence-electron chi connectivity index (χ1n) is 9.81.